The molecule has 0 aliphatic carbocycles. The first-order valence-corrected chi connectivity index (χ1v) is 7.27. The maximum absolute atomic E-state index is 12.2. The van der Waals surface area contributed by atoms with Crippen LogP contribution in [0.1, 0.15) is 40.0 Å². The van der Waals surface area contributed by atoms with Gasteiger partial charge >= 0.3 is 12.1 Å². The van der Waals surface area contributed by atoms with E-state index in [9.17, 15) is 14.4 Å². The second-order valence-corrected chi connectivity index (χ2v) is 6.19. The summed E-state index contributed by atoms with van der Waals surface area (Å²) in [4.78, 5) is 34.8. The Kier molecular flexibility index (Phi) is 6.61. The Morgan fingerprint density at radius 2 is 1.86 bits per heavy atom. The van der Waals surface area contributed by atoms with Crippen LogP contribution in [0.3, 0.4) is 0 Å². The van der Waals surface area contributed by atoms with Crippen molar-refractivity contribution in [2.45, 2.75) is 57.7 Å². The normalized spacial score (nSPS) is 17.4. The second-order valence-electron chi connectivity index (χ2n) is 6.19. The number of carboxylic acid groups (broad SMARTS) is 1. The second kappa shape index (κ2) is 7.98. The predicted octanol–water partition coefficient (Wildman–Crippen LogP) is 0.650. The van der Waals surface area contributed by atoms with Gasteiger partial charge in [0.25, 0.3) is 0 Å². The lowest BCUT2D eigenvalue weighted by molar-refractivity contribution is -0.140. The van der Waals surface area contributed by atoms with Gasteiger partial charge in [0.1, 0.15) is 11.6 Å². The van der Waals surface area contributed by atoms with Gasteiger partial charge in [0, 0.05) is 19.3 Å². The Morgan fingerprint density at radius 3 is 2.36 bits per heavy atom. The molecule has 126 valence electrons. The summed E-state index contributed by atoms with van der Waals surface area (Å²) in [7, 11) is 0. The first-order valence-electron chi connectivity index (χ1n) is 7.27. The molecular formula is C14H24N2O6. The maximum atomic E-state index is 12.2. The molecule has 0 unspecified atom stereocenters. The molecule has 2 amide bonds. The molecule has 0 radical (unpaired) electrons. The van der Waals surface area contributed by atoms with E-state index in [1.54, 1.807) is 20.8 Å². The zero-order valence-electron chi connectivity index (χ0n) is 13.2. The predicted molar refractivity (Wildman–Crippen MR) is 77.4 cm³/mol. The molecule has 8 nitrogen and oxygen atoms in total. The SMILES string of the molecule is CC(C)(C)OC(=O)N[C@H](CC(=O)O)C(=O)NC1CCOCC1. The van der Waals surface area contributed by atoms with Crippen molar-refractivity contribution in [1.29, 1.82) is 0 Å². The number of hydrogen-bond acceptors (Lipinski definition) is 5. The molecule has 22 heavy (non-hydrogen) atoms. The lowest BCUT2D eigenvalue weighted by Gasteiger charge is -2.26. The van der Waals surface area contributed by atoms with Gasteiger partial charge in [-0.25, -0.2) is 4.79 Å². The molecule has 1 saturated heterocycles. The number of carboxylic acids is 1. The van der Waals surface area contributed by atoms with E-state index < -0.39 is 36.0 Å². The molecule has 0 aromatic carbocycles. The lowest BCUT2D eigenvalue weighted by Crippen LogP contribution is -2.52. The van der Waals surface area contributed by atoms with Crippen LogP contribution in [0, 0.1) is 0 Å². The Bertz CT molecular complexity index is 412. The van der Waals surface area contributed by atoms with E-state index in [1.165, 1.54) is 0 Å². The van der Waals surface area contributed by atoms with Crippen molar-refractivity contribution in [2.24, 2.45) is 0 Å². The summed E-state index contributed by atoms with van der Waals surface area (Å²) < 4.78 is 10.2. The Morgan fingerprint density at radius 1 is 1.27 bits per heavy atom. The highest BCUT2D eigenvalue weighted by molar-refractivity contribution is 5.89. The van der Waals surface area contributed by atoms with Crippen LogP contribution in [-0.4, -0.2) is 54.0 Å². The third kappa shape index (κ3) is 7.26. The van der Waals surface area contributed by atoms with Crippen LogP contribution in [0.4, 0.5) is 4.79 Å². The van der Waals surface area contributed by atoms with Crippen LogP contribution in [0.5, 0.6) is 0 Å². The fourth-order valence-corrected chi connectivity index (χ4v) is 1.98. The highest BCUT2D eigenvalue weighted by Crippen LogP contribution is 2.09. The summed E-state index contributed by atoms with van der Waals surface area (Å²) in [6.07, 6.45) is 0.00501. The molecule has 8 heteroatoms. The molecule has 1 aliphatic rings. The molecule has 0 bridgehead atoms. The molecule has 1 rings (SSSR count). The third-order valence-corrected chi connectivity index (χ3v) is 2.95. The minimum atomic E-state index is -1.18. The maximum Gasteiger partial charge on any atom is 0.408 e. The summed E-state index contributed by atoms with van der Waals surface area (Å²) in [5.74, 6) is -1.71. The number of rotatable bonds is 5. The fraction of sp³-hybridized carbons (Fsp3) is 0.786. The summed E-state index contributed by atoms with van der Waals surface area (Å²) in [5, 5.41) is 13.9. The van der Waals surface area contributed by atoms with Crippen molar-refractivity contribution >= 4 is 18.0 Å². The van der Waals surface area contributed by atoms with Crippen LogP contribution in [0.25, 0.3) is 0 Å². The van der Waals surface area contributed by atoms with Gasteiger partial charge in [-0.2, -0.15) is 0 Å². The molecule has 0 spiro atoms. The zero-order chi connectivity index (χ0) is 16.8. The summed E-state index contributed by atoms with van der Waals surface area (Å²) in [5.41, 5.74) is -0.727. The number of amides is 2. The Hall–Kier alpha value is -1.83. The standard InChI is InChI=1S/C14H24N2O6/c1-14(2,3)22-13(20)16-10(8-11(17)18)12(19)15-9-4-6-21-7-5-9/h9-10H,4-8H2,1-3H3,(H,15,19)(H,16,20)(H,17,18)/t10-/m1/s1. The minimum Gasteiger partial charge on any atom is -0.481 e. The number of alkyl carbamates (subject to hydrolysis) is 1. The largest absolute Gasteiger partial charge is 0.481 e. The molecule has 1 aliphatic heterocycles. The number of ether oxygens (including phenoxy) is 2. The van der Waals surface area contributed by atoms with E-state index in [0.717, 1.165) is 0 Å². The van der Waals surface area contributed by atoms with E-state index in [2.05, 4.69) is 10.6 Å². The smallest absolute Gasteiger partial charge is 0.408 e. The van der Waals surface area contributed by atoms with Crippen molar-refractivity contribution in [1.82, 2.24) is 10.6 Å². The Labute approximate surface area is 129 Å². The van der Waals surface area contributed by atoms with Gasteiger partial charge in [0.2, 0.25) is 5.91 Å². The average molecular weight is 316 g/mol. The van der Waals surface area contributed by atoms with Crippen molar-refractivity contribution in [3.05, 3.63) is 0 Å². The van der Waals surface area contributed by atoms with Crippen LogP contribution >= 0.6 is 0 Å². The molecule has 1 fully saturated rings. The van der Waals surface area contributed by atoms with Gasteiger partial charge in [-0.3, -0.25) is 9.59 Å². The first kappa shape index (κ1) is 18.2. The van der Waals surface area contributed by atoms with Crippen LogP contribution in [-0.2, 0) is 19.1 Å². The summed E-state index contributed by atoms with van der Waals surface area (Å²) in [6.45, 7) is 6.14. The van der Waals surface area contributed by atoms with Crippen molar-refractivity contribution in [3.8, 4) is 0 Å². The topological polar surface area (TPSA) is 114 Å². The molecule has 0 aromatic heterocycles. The highest BCUT2D eigenvalue weighted by atomic mass is 16.6. The molecule has 1 atom stereocenters. The van der Waals surface area contributed by atoms with E-state index >= 15 is 0 Å². The molecule has 0 saturated carbocycles. The average Bonchev–Trinajstić information content (AvgIpc) is 2.36. The van der Waals surface area contributed by atoms with Gasteiger partial charge in [0.15, 0.2) is 0 Å². The van der Waals surface area contributed by atoms with Crippen LogP contribution in [0.15, 0.2) is 0 Å². The first-order chi connectivity index (χ1) is 10.2. The van der Waals surface area contributed by atoms with Gasteiger partial charge in [-0.1, -0.05) is 0 Å². The number of carbonyl (C=O) groups excluding carboxylic acids is 2. The van der Waals surface area contributed by atoms with Gasteiger partial charge in [-0.15, -0.1) is 0 Å². The van der Waals surface area contributed by atoms with Crippen molar-refractivity contribution < 1.29 is 29.0 Å². The van der Waals surface area contributed by atoms with Crippen LogP contribution < -0.4 is 10.6 Å². The van der Waals surface area contributed by atoms with Gasteiger partial charge < -0.3 is 25.2 Å². The fourth-order valence-electron chi connectivity index (χ4n) is 1.98. The molecule has 0 aromatic rings. The van der Waals surface area contributed by atoms with E-state index in [-0.39, 0.29) is 6.04 Å². The summed E-state index contributed by atoms with van der Waals surface area (Å²) in [6, 6.07) is -1.24. The van der Waals surface area contributed by atoms with Crippen molar-refractivity contribution in [2.75, 3.05) is 13.2 Å². The van der Waals surface area contributed by atoms with E-state index in [0.29, 0.717) is 26.1 Å². The van der Waals surface area contributed by atoms with E-state index in [4.69, 9.17) is 14.6 Å². The number of nitrogens with one attached hydrogen (secondary N) is 2. The minimum absolute atomic E-state index is 0.0713. The number of aliphatic carboxylic acids is 1. The Balaban J connectivity index is 2.59. The van der Waals surface area contributed by atoms with E-state index in [1.807, 2.05) is 0 Å². The lowest BCUT2D eigenvalue weighted by atomic mass is 10.1. The van der Waals surface area contributed by atoms with Gasteiger partial charge in [0.05, 0.1) is 6.42 Å². The zero-order valence-corrected chi connectivity index (χ0v) is 13.2. The molecule has 3 N–H and O–H groups in total. The molecular weight excluding hydrogens is 292 g/mol. The highest BCUT2D eigenvalue weighted by Gasteiger charge is 2.28. The monoisotopic (exact) mass is 316 g/mol. The summed E-state index contributed by atoms with van der Waals surface area (Å²) >= 11 is 0. The third-order valence-electron chi connectivity index (χ3n) is 2.95. The molecule has 1 heterocycles. The van der Waals surface area contributed by atoms with Crippen LogP contribution in [0.2, 0.25) is 0 Å². The number of hydrogen-bond donors (Lipinski definition) is 3. The number of carbonyl (C=O) groups is 3. The quantitative estimate of drug-likeness (QED) is 0.686. The van der Waals surface area contributed by atoms with Gasteiger partial charge in [-0.05, 0) is 33.6 Å². The van der Waals surface area contributed by atoms with Crippen molar-refractivity contribution in [3.63, 3.8) is 0 Å².